The second-order valence-electron chi connectivity index (χ2n) is 7.38. The zero-order valence-corrected chi connectivity index (χ0v) is 16.1. The maximum Gasteiger partial charge on any atom is 0.233 e. The SMILES string of the molecule is O=C(CSc1nnnn1C1CCCC1)N1CCC(c2ccc(O)cc2)CC1. The van der Waals surface area contributed by atoms with Crippen LogP contribution in [0.15, 0.2) is 29.4 Å². The number of hydrogen-bond acceptors (Lipinski definition) is 6. The van der Waals surface area contributed by atoms with E-state index in [1.165, 1.54) is 30.2 Å². The van der Waals surface area contributed by atoms with Crippen molar-refractivity contribution in [2.24, 2.45) is 0 Å². The number of rotatable bonds is 5. The van der Waals surface area contributed by atoms with Crippen LogP contribution < -0.4 is 0 Å². The lowest BCUT2D eigenvalue weighted by molar-refractivity contribution is -0.129. The molecule has 1 N–H and O–H groups in total. The highest BCUT2D eigenvalue weighted by Crippen LogP contribution is 2.32. The number of amides is 1. The molecule has 1 aliphatic carbocycles. The fourth-order valence-electron chi connectivity index (χ4n) is 4.08. The van der Waals surface area contributed by atoms with Crippen molar-refractivity contribution in [1.29, 1.82) is 0 Å². The Labute approximate surface area is 163 Å². The van der Waals surface area contributed by atoms with E-state index in [0.717, 1.165) is 43.9 Å². The van der Waals surface area contributed by atoms with Gasteiger partial charge >= 0.3 is 0 Å². The van der Waals surface area contributed by atoms with Crippen molar-refractivity contribution in [3.8, 4) is 5.75 Å². The van der Waals surface area contributed by atoms with E-state index in [4.69, 9.17) is 0 Å². The molecular weight excluding hydrogens is 362 g/mol. The molecule has 7 nitrogen and oxygen atoms in total. The molecule has 0 atom stereocenters. The number of nitrogens with zero attached hydrogens (tertiary/aromatic N) is 5. The molecule has 1 amide bonds. The van der Waals surface area contributed by atoms with Gasteiger partial charge in [0.1, 0.15) is 5.75 Å². The van der Waals surface area contributed by atoms with Gasteiger partial charge < -0.3 is 10.0 Å². The first-order chi connectivity index (χ1) is 13.2. The molecule has 1 aromatic heterocycles. The number of piperidine rings is 1. The van der Waals surface area contributed by atoms with Crippen molar-refractivity contribution >= 4 is 17.7 Å². The zero-order chi connectivity index (χ0) is 18.6. The minimum Gasteiger partial charge on any atom is -0.508 e. The van der Waals surface area contributed by atoms with Gasteiger partial charge in [-0.15, -0.1) is 5.10 Å². The zero-order valence-electron chi connectivity index (χ0n) is 15.3. The lowest BCUT2D eigenvalue weighted by atomic mass is 9.89. The normalized spacial score (nSPS) is 18.9. The van der Waals surface area contributed by atoms with Gasteiger partial charge in [0.15, 0.2) is 0 Å². The van der Waals surface area contributed by atoms with Gasteiger partial charge in [-0.2, -0.15) is 0 Å². The number of benzene rings is 1. The number of aromatic hydroxyl groups is 1. The topological polar surface area (TPSA) is 84.1 Å². The van der Waals surface area contributed by atoms with Crippen LogP contribution in [0.1, 0.15) is 56.0 Å². The van der Waals surface area contributed by atoms with Gasteiger partial charge in [-0.1, -0.05) is 36.7 Å². The smallest absolute Gasteiger partial charge is 0.233 e. The lowest BCUT2D eigenvalue weighted by Crippen LogP contribution is -2.39. The van der Waals surface area contributed by atoms with E-state index in [2.05, 4.69) is 15.5 Å². The molecule has 8 heteroatoms. The summed E-state index contributed by atoms with van der Waals surface area (Å²) in [6, 6.07) is 7.82. The summed E-state index contributed by atoms with van der Waals surface area (Å²) < 4.78 is 1.90. The molecule has 2 aliphatic rings. The molecule has 27 heavy (non-hydrogen) atoms. The Balaban J connectivity index is 1.28. The molecule has 0 unspecified atom stereocenters. The Hall–Kier alpha value is -2.09. The summed E-state index contributed by atoms with van der Waals surface area (Å²) in [5.41, 5.74) is 1.24. The average molecular weight is 388 g/mol. The number of likely N-dealkylation sites (tertiary alicyclic amines) is 1. The van der Waals surface area contributed by atoms with Crippen LogP contribution in [0.2, 0.25) is 0 Å². The van der Waals surface area contributed by atoms with E-state index in [1.807, 2.05) is 21.7 Å². The maximum absolute atomic E-state index is 12.6. The summed E-state index contributed by atoms with van der Waals surface area (Å²) in [5.74, 6) is 1.29. The van der Waals surface area contributed by atoms with Crippen molar-refractivity contribution in [3.05, 3.63) is 29.8 Å². The van der Waals surface area contributed by atoms with Crippen molar-refractivity contribution in [3.63, 3.8) is 0 Å². The van der Waals surface area contributed by atoms with Gasteiger partial charge in [-0.3, -0.25) is 4.79 Å². The monoisotopic (exact) mass is 387 g/mol. The first kappa shape index (κ1) is 18.3. The quantitative estimate of drug-likeness (QED) is 0.794. The molecule has 1 saturated heterocycles. The van der Waals surface area contributed by atoms with Crippen LogP contribution >= 0.6 is 11.8 Å². The summed E-state index contributed by atoms with van der Waals surface area (Å²) >= 11 is 1.45. The van der Waals surface area contributed by atoms with Crippen molar-refractivity contribution in [2.75, 3.05) is 18.8 Å². The minimum atomic E-state index is 0.158. The first-order valence-electron chi connectivity index (χ1n) is 9.68. The Morgan fingerprint density at radius 1 is 1.11 bits per heavy atom. The third kappa shape index (κ3) is 4.26. The number of phenolic OH excluding ortho intramolecular Hbond substituents is 1. The summed E-state index contributed by atoms with van der Waals surface area (Å²) in [6.45, 7) is 1.55. The number of aromatic nitrogens is 4. The molecule has 1 aromatic carbocycles. The number of carbonyl (C=O) groups excluding carboxylic acids is 1. The Kier molecular flexibility index (Phi) is 5.61. The number of hydrogen-bond donors (Lipinski definition) is 1. The van der Waals surface area contributed by atoms with Crippen molar-refractivity contribution < 1.29 is 9.90 Å². The van der Waals surface area contributed by atoms with Crippen LogP contribution in [0.3, 0.4) is 0 Å². The third-order valence-corrected chi connectivity index (χ3v) is 6.59. The predicted molar refractivity (Wildman–Crippen MR) is 103 cm³/mol. The third-order valence-electron chi connectivity index (χ3n) is 5.67. The average Bonchev–Trinajstić information content (AvgIpc) is 3.38. The molecule has 144 valence electrons. The molecule has 2 aromatic rings. The van der Waals surface area contributed by atoms with Gasteiger partial charge in [-0.25, -0.2) is 4.68 Å². The molecule has 1 aliphatic heterocycles. The Morgan fingerprint density at radius 3 is 2.52 bits per heavy atom. The fourth-order valence-corrected chi connectivity index (χ4v) is 4.93. The summed E-state index contributed by atoms with van der Waals surface area (Å²) in [6.07, 6.45) is 6.61. The van der Waals surface area contributed by atoms with Crippen LogP contribution in [0.25, 0.3) is 0 Å². The summed E-state index contributed by atoms with van der Waals surface area (Å²) in [4.78, 5) is 14.6. The standard InChI is InChI=1S/C19H25N5O2S/c25-17-7-5-14(6-8-17)15-9-11-23(12-10-15)18(26)13-27-19-20-21-22-24(19)16-3-1-2-4-16/h5-8,15-16,25H,1-4,9-13H2. The molecular formula is C19H25N5O2S. The lowest BCUT2D eigenvalue weighted by Gasteiger charge is -2.32. The Morgan fingerprint density at radius 2 is 1.81 bits per heavy atom. The van der Waals surface area contributed by atoms with Gasteiger partial charge in [0.05, 0.1) is 11.8 Å². The van der Waals surface area contributed by atoms with Gasteiger partial charge in [0, 0.05) is 13.1 Å². The van der Waals surface area contributed by atoms with E-state index < -0.39 is 0 Å². The molecule has 0 spiro atoms. The second-order valence-corrected chi connectivity index (χ2v) is 8.32. The molecule has 0 bridgehead atoms. The van der Waals surface area contributed by atoms with Gasteiger partial charge in [0.2, 0.25) is 11.1 Å². The molecule has 0 radical (unpaired) electrons. The molecule has 2 fully saturated rings. The number of phenols is 1. The van der Waals surface area contributed by atoms with Crippen LogP contribution in [0.5, 0.6) is 5.75 Å². The summed E-state index contributed by atoms with van der Waals surface area (Å²) in [5, 5.41) is 22.2. The van der Waals surface area contributed by atoms with E-state index >= 15 is 0 Å². The van der Waals surface area contributed by atoms with Gasteiger partial charge in [-0.05, 0) is 59.7 Å². The van der Waals surface area contributed by atoms with Crippen LogP contribution in [-0.4, -0.2) is 55.0 Å². The predicted octanol–water partition coefficient (Wildman–Crippen LogP) is 2.99. The molecule has 2 heterocycles. The van der Waals surface area contributed by atoms with Crippen molar-refractivity contribution in [1.82, 2.24) is 25.1 Å². The maximum atomic E-state index is 12.6. The Bertz CT molecular complexity index is 765. The summed E-state index contributed by atoms with van der Waals surface area (Å²) in [7, 11) is 0. The number of thioether (sulfide) groups is 1. The van der Waals surface area contributed by atoms with Crippen LogP contribution in [-0.2, 0) is 4.79 Å². The first-order valence-corrected chi connectivity index (χ1v) is 10.7. The van der Waals surface area contributed by atoms with E-state index in [9.17, 15) is 9.90 Å². The largest absolute Gasteiger partial charge is 0.508 e. The van der Waals surface area contributed by atoms with E-state index in [0.29, 0.717) is 23.5 Å². The number of tetrazole rings is 1. The molecule has 4 rings (SSSR count). The highest BCUT2D eigenvalue weighted by atomic mass is 32.2. The highest BCUT2D eigenvalue weighted by Gasteiger charge is 2.26. The number of carbonyl (C=O) groups is 1. The molecule has 1 saturated carbocycles. The fraction of sp³-hybridized carbons (Fsp3) is 0.579. The van der Waals surface area contributed by atoms with Crippen LogP contribution in [0.4, 0.5) is 0 Å². The van der Waals surface area contributed by atoms with Gasteiger partial charge in [0.25, 0.3) is 0 Å². The van der Waals surface area contributed by atoms with Crippen LogP contribution in [0, 0.1) is 0 Å². The second kappa shape index (κ2) is 8.29. The van der Waals surface area contributed by atoms with E-state index in [-0.39, 0.29) is 5.91 Å². The van der Waals surface area contributed by atoms with Crippen molar-refractivity contribution in [2.45, 2.75) is 55.6 Å². The van der Waals surface area contributed by atoms with E-state index in [1.54, 1.807) is 12.1 Å². The minimum absolute atomic E-state index is 0.158. The highest BCUT2D eigenvalue weighted by molar-refractivity contribution is 7.99.